The van der Waals surface area contributed by atoms with Crippen LogP contribution in [0.4, 0.5) is 15.5 Å². The topological polar surface area (TPSA) is 109 Å². The van der Waals surface area contributed by atoms with Crippen LogP contribution in [0.25, 0.3) is 11.2 Å². The van der Waals surface area contributed by atoms with Gasteiger partial charge in [0.1, 0.15) is 22.9 Å². The highest BCUT2D eigenvalue weighted by Crippen LogP contribution is 2.42. The van der Waals surface area contributed by atoms with Crippen molar-refractivity contribution in [1.29, 1.82) is 0 Å². The van der Waals surface area contributed by atoms with Crippen molar-refractivity contribution >= 4 is 40.9 Å². The number of nitrogens with zero attached hydrogens (tertiary/aromatic N) is 5. The molecule has 0 N–H and O–H groups in total. The molecule has 3 heterocycles. The van der Waals surface area contributed by atoms with E-state index in [2.05, 4.69) is 42.6 Å². The van der Waals surface area contributed by atoms with Gasteiger partial charge in [-0.1, -0.05) is 39.3 Å². The summed E-state index contributed by atoms with van der Waals surface area (Å²) in [7, 11) is 0. The van der Waals surface area contributed by atoms with Crippen LogP contribution in [0.5, 0.6) is 0 Å². The van der Waals surface area contributed by atoms with E-state index in [9.17, 15) is 9.59 Å². The zero-order valence-corrected chi connectivity index (χ0v) is 23.6. The van der Waals surface area contributed by atoms with Crippen molar-refractivity contribution in [2.75, 3.05) is 4.90 Å². The molecule has 0 spiro atoms. The molecule has 2 aromatic heterocycles. The van der Waals surface area contributed by atoms with E-state index in [0.717, 1.165) is 6.42 Å². The lowest BCUT2D eigenvalue weighted by molar-refractivity contribution is -0.166. The molecule has 1 fully saturated rings. The predicted molar refractivity (Wildman–Crippen MR) is 137 cm³/mol. The molecule has 0 aromatic carbocycles. The molecule has 11 heteroatoms. The molecular formula is C25H38ClN5O5. The maximum absolute atomic E-state index is 13.0. The van der Waals surface area contributed by atoms with Gasteiger partial charge in [-0.2, -0.15) is 9.97 Å². The van der Waals surface area contributed by atoms with E-state index in [-0.39, 0.29) is 35.0 Å². The second-order valence-corrected chi connectivity index (χ2v) is 11.8. The van der Waals surface area contributed by atoms with Gasteiger partial charge in [0.25, 0.3) is 0 Å². The van der Waals surface area contributed by atoms with E-state index in [1.165, 1.54) is 0 Å². The van der Waals surface area contributed by atoms with Crippen molar-refractivity contribution in [2.24, 2.45) is 17.8 Å². The molecule has 1 saturated heterocycles. The van der Waals surface area contributed by atoms with Gasteiger partial charge >= 0.3 is 12.2 Å². The molecule has 200 valence electrons. The molecule has 3 rings (SSSR count). The molecule has 5 atom stereocenters. The minimum atomic E-state index is -0.982. The average Bonchev–Trinajstić information content (AvgIpc) is 3.14. The first-order valence-corrected chi connectivity index (χ1v) is 12.7. The van der Waals surface area contributed by atoms with E-state index >= 15 is 0 Å². The van der Waals surface area contributed by atoms with Crippen molar-refractivity contribution < 1.29 is 23.8 Å². The Kier molecular flexibility index (Phi) is 7.91. The number of amides is 2. The van der Waals surface area contributed by atoms with Gasteiger partial charge in [-0.15, -0.1) is 4.90 Å². The van der Waals surface area contributed by atoms with Crippen LogP contribution in [-0.2, 0) is 14.2 Å². The number of fused-ring (bicyclic) bond motifs is 1. The van der Waals surface area contributed by atoms with Crippen LogP contribution in [0, 0.1) is 17.8 Å². The zero-order chi connectivity index (χ0) is 27.2. The van der Waals surface area contributed by atoms with Crippen molar-refractivity contribution in [3.05, 3.63) is 11.5 Å². The number of rotatable bonds is 3. The number of anilines is 1. The van der Waals surface area contributed by atoms with Gasteiger partial charge in [0.2, 0.25) is 5.95 Å². The lowest BCUT2D eigenvalue weighted by Gasteiger charge is -2.44. The summed E-state index contributed by atoms with van der Waals surface area (Å²) in [6.45, 7) is 18.8. The first-order valence-electron chi connectivity index (χ1n) is 12.4. The third kappa shape index (κ3) is 5.91. The van der Waals surface area contributed by atoms with Gasteiger partial charge in [0.15, 0.2) is 10.8 Å². The molecule has 2 aromatic rings. The first kappa shape index (κ1) is 28.1. The van der Waals surface area contributed by atoms with E-state index in [0.29, 0.717) is 22.3 Å². The fourth-order valence-electron chi connectivity index (χ4n) is 4.33. The Morgan fingerprint density at radius 2 is 1.56 bits per heavy atom. The largest absolute Gasteiger partial charge is 0.443 e. The van der Waals surface area contributed by atoms with E-state index in [1.54, 1.807) is 47.9 Å². The Morgan fingerprint density at radius 3 is 2.06 bits per heavy atom. The Balaban J connectivity index is 2.06. The number of hydrogen-bond donors (Lipinski definition) is 0. The summed E-state index contributed by atoms with van der Waals surface area (Å²) in [6, 6.07) is 0. The van der Waals surface area contributed by atoms with Crippen LogP contribution >= 0.6 is 11.6 Å². The molecule has 2 amide bonds. The maximum Gasteiger partial charge on any atom is 0.427 e. The Bertz CT molecular complexity index is 1090. The van der Waals surface area contributed by atoms with Gasteiger partial charge in [0.05, 0.1) is 12.4 Å². The summed E-state index contributed by atoms with van der Waals surface area (Å²) in [4.78, 5) is 39.7. The fourth-order valence-corrected chi connectivity index (χ4v) is 4.59. The highest BCUT2D eigenvalue weighted by Gasteiger charge is 2.40. The molecule has 0 bridgehead atoms. The number of aromatic nitrogens is 4. The standard InChI is InChI=1S/C25H38ClN5O5/c1-11-16-14(3)13(2)15(4)20(34-16)30-12-27-19-17(30)18(26)28-21(29-19)31(22(32)35-24(5,6)7)23(33)36-25(8,9)10/h12-16,20H,11H2,1-10H3. The molecule has 36 heavy (non-hydrogen) atoms. The summed E-state index contributed by atoms with van der Waals surface area (Å²) in [5, 5.41) is 0.0275. The Hall–Kier alpha value is -2.46. The van der Waals surface area contributed by atoms with Crippen LogP contribution in [0.2, 0.25) is 5.15 Å². The third-order valence-electron chi connectivity index (χ3n) is 6.41. The second-order valence-electron chi connectivity index (χ2n) is 11.5. The van der Waals surface area contributed by atoms with Crippen LogP contribution in [0.15, 0.2) is 6.33 Å². The number of carbonyl (C=O) groups excluding carboxylic acids is 2. The SMILES string of the molecule is CCC1OC(n2cnc3nc(N(C(=O)OC(C)(C)C)C(=O)OC(C)(C)C)nc(Cl)c32)C(C)C(C)C1C. The van der Waals surface area contributed by atoms with E-state index in [1.807, 2.05) is 4.57 Å². The average molecular weight is 524 g/mol. The maximum atomic E-state index is 13.0. The molecule has 0 radical (unpaired) electrons. The second kappa shape index (κ2) is 10.1. The summed E-state index contributed by atoms with van der Waals surface area (Å²) >= 11 is 6.63. The lowest BCUT2D eigenvalue weighted by atomic mass is 9.77. The van der Waals surface area contributed by atoms with Gasteiger partial charge in [-0.3, -0.25) is 4.57 Å². The lowest BCUT2D eigenvalue weighted by Crippen LogP contribution is -2.44. The highest BCUT2D eigenvalue weighted by molar-refractivity contribution is 6.33. The minimum absolute atomic E-state index is 0.0275. The highest BCUT2D eigenvalue weighted by atomic mass is 35.5. The number of halogens is 1. The quantitative estimate of drug-likeness (QED) is 0.427. The zero-order valence-electron chi connectivity index (χ0n) is 22.8. The monoisotopic (exact) mass is 523 g/mol. The van der Waals surface area contributed by atoms with Crippen molar-refractivity contribution in [2.45, 2.75) is 99.2 Å². The summed E-state index contributed by atoms with van der Waals surface area (Å²) < 4.78 is 19.1. The van der Waals surface area contributed by atoms with Gasteiger partial charge in [0, 0.05) is 5.92 Å². The number of ether oxygens (including phenoxy) is 3. The van der Waals surface area contributed by atoms with Crippen molar-refractivity contribution in [1.82, 2.24) is 19.5 Å². The number of carbonyl (C=O) groups is 2. The van der Waals surface area contributed by atoms with Gasteiger partial charge in [-0.05, 0) is 59.8 Å². The summed E-state index contributed by atoms with van der Waals surface area (Å²) in [5.74, 6) is 0.703. The van der Waals surface area contributed by atoms with Crippen LogP contribution in [0.1, 0.15) is 81.9 Å². The summed E-state index contributed by atoms with van der Waals surface area (Å²) in [5.41, 5.74) is -1.06. The van der Waals surface area contributed by atoms with Crippen LogP contribution in [-0.4, -0.2) is 49.0 Å². The Labute approximate surface area is 217 Å². The van der Waals surface area contributed by atoms with Gasteiger partial charge < -0.3 is 14.2 Å². The molecule has 5 unspecified atom stereocenters. The third-order valence-corrected chi connectivity index (χ3v) is 6.68. The van der Waals surface area contributed by atoms with E-state index < -0.39 is 23.4 Å². The normalized spacial score (nSPS) is 25.0. The molecular weight excluding hydrogens is 486 g/mol. The molecule has 1 aliphatic heterocycles. The molecule has 0 aliphatic carbocycles. The van der Waals surface area contributed by atoms with Crippen molar-refractivity contribution in [3.8, 4) is 0 Å². The number of imidazole rings is 1. The van der Waals surface area contributed by atoms with Crippen molar-refractivity contribution in [3.63, 3.8) is 0 Å². The summed E-state index contributed by atoms with van der Waals surface area (Å²) in [6.07, 6.45) is 0.306. The van der Waals surface area contributed by atoms with Crippen LogP contribution in [0.3, 0.4) is 0 Å². The molecule has 0 saturated carbocycles. The fraction of sp³-hybridized carbons (Fsp3) is 0.720. The minimum Gasteiger partial charge on any atom is -0.443 e. The Morgan fingerprint density at radius 1 is 1.00 bits per heavy atom. The molecule has 10 nitrogen and oxygen atoms in total. The molecule has 1 aliphatic rings. The van der Waals surface area contributed by atoms with E-state index in [4.69, 9.17) is 25.8 Å². The van der Waals surface area contributed by atoms with Crippen LogP contribution < -0.4 is 4.90 Å². The first-order chi connectivity index (χ1) is 16.5. The smallest absolute Gasteiger partial charge is 0.427 e. The van der Waals surface area contributed by atoms with Gasteiger partial charge in [-0.25, -0.2) is 14.6 Å². The number of imide groups is 1. The number of hydrogen-bond acceptors (Lipinski definition) is 8. The predicted octanol–water partition coefficient (Wildman–Crippen LogP) is 6.37.